The van der Waals surface area contributed by atoms with Crippen LogP contribution in [0.2, 0.25) is 0 Å². The number of fused-ring (bicyclic) bond motifs is 1. The third-order valence-electron chi connectivity index (χ3n) is 7.32. The minimum Gasteiger partial charge on any atom is -0.507 e. The minimum atomic E-state index is -0.954. The number of unbranched alkanes of at least 4 members (excludes halogenated alkanes) is 2. The van der Waals surface area contributed by atoms with E-state index in [2.05, 4.69) is 13.8 Å². The first-order valence-corrected chi connectivity index (χ1v) is 15.4. The van der Waals surface area contributed by atoms with Crippen LogP contribution in [0.15, 0.2) is 66.2 Å². The summed E-state index contributed by atoms with van der Waals surface area (Å²) in [5.41, 5.74) is 2.70. The summed E-state index contributed by atoms with van der Waals surface area (Å²) in [4.78, 5) is 33.6. The molecule has 0 bridgehead atoms. The molecule has 1 amide bonds. The molecule has 0 aliphatic carbocycles. The molecule has 1 fully saturated rings. The van der Waals surface area contributed by atoms with Crippen molar-refractivity contribution in [3.8, 4) is 17.2 Å². The molecule has 2 heterocycles. The van der Waals surface area contributed by atoms with Gasteiger partial charge >= 0.3 is 5.91 Å². The molecule has 1 atom stereocenters. The average molecular weight is 601 g/mol. The molecule has 1 aliphatic heterocycles. The maximum atomic E-state index is 13.7. The number of nitrogens with zero attached hydrogens (tertiary/aromatic N) is 2. The van der Waals surface area contributed by atoms with Gasteiger partial charge in [0.2, 0.25) is 0 Å². The van der Waals surface area contributed by atoms with Crippen LogP contribution in [-0.2, 0) is 9.59 Å². The Morgan fingerprint density at radius 1 is 0.953 bits per heavy atom. The quantitative estimate of drug-likeness (QED) is 0.0774. The van der Waals surface area contributed by atoms with Crippen LogP contribution in [0, 0.1) is 6.92 Å². The molecule has 1 aliphatic rings. The van der Waals surface area contributed by atoms with E-state index in [0.717, 1.165) is 41.5 Å². The van der Waals surface area contributed by atoms with Crippen molar-refractivity contribution in [2.24, 2.45) is 0 Å². The monoisotopic (exact) mass is 600 g/mol. The lowest BCUT2D eigenvalue weighted by atomic mass is 9.95. The van der Waals surface area contributed by atoms with Crippen LogP contribution in [0.25, 0.3) is 16.0 Å². The molecule has 3 aromatic carbocycles. The van der Waals surface area contributed by atoms with Crippen LogP contribution in [0.5, 0.6) is 17.2 Å². The molecule has 1 aromatic heterocycles. The zero-order valence-corrected chi connectivity index (χ0v) is 25.7. The maximum absolute atomic E-state index is 13.7. The van der Waals surface area contributed by atoms with Gasteiger partial charge in [-0.05, 0) is 67.3 Å². The summed E-state index contributed by atoms with van der Waals surface area (Å²) in [7, 11) is 1.54. The second-order valence-electron chi connectivity index (χ2n) is 10.5. The largest absolute Gasteiger partial charge is 0.507 e. The fourth-order valence-corrected chi connectivity index (χ4v) is 6.08. The van der Waals surface area contributed by atoms with Crippen LogP contribution in [-0.4, -0.2) is 42.1 Å². The van der Waals surface area contributed by atoms with Gasteiger partial charge < -0.3 is 19.3 Å². The number of carbonyl (C=O) groups excluding carboxylic acids is 2. The number of aromatic nitrogens is 1. The van der Waals surface area contributed by atoms with E-state index in [1.807, 2.05) is 25.1 Å². The number of hydrogen-bond acceptors (Lipinski definition) is 8. The number of ketones is 1. The summed E-state index contributed by atoms with van der Waals surface area (Å²) < 4.78 is 18.3. The number of ether oxygens (including phenoxy) is 3. The Bertz CT molecular complexity index is 1680. The van der Waals surface area contributed by atoms with Gasteiger partial charge in [-0.3, -0.25) is 14.5 Å². The van der Waals surface area contributed by atoms with Gasteiger partial charge in [-0.25, -0.2) is 4.98 Å². The topological polar surface area (TPSA) is 98.2 Å². The van der Waals surface area contributed by atoms with E-state index >= 15 is 0 Å². The number of aliphatic hydroxyl groups excluding tert-OH is 1. The number of methoxy groups -OCH3 is 1. The Hall–Kier alpha value is -4.37. The van der Waals surface area contributed by atoms with E-state index < -0.39 is 17.7 Å². The SMILES string of the molecule is CCCCOc1cccc(C(O)=C2C(=O)C(=O)N(c3nc4ccc(C)cc4s3)C2c2ccc(OCCCC)c(OC)c2)c1. The van der Waals surface area contributed by atoms with Crippen LogP contribution in [0.1, 0.15) is 62.3 Å². The molecule has 8 nitrogen and oxygen atoms in total. The normalized spacial score (nSPS) is 16.2. The minimum absolute atomic E-state index is 0.0344. The zero-order chi connectivity index (χ0) is 30.5. The summed E-state index contributed by atoms with van der Waals surface area (Å²) in [6.07, 6.45) is 3.76. The first kappa shape index (κ1) is 30.1. The van der Waals surface area contributed by atoms with Crippen LogP contribution in [0.4, 0.5) is 5.13 Å². The van der Waals surface area contributed by atoms with Crippen LogP contribution < -0.4 is 19.1 Å². The van der Waals surface area contributed by atoms with E-state index in [4.69, 9.17) is 19.2 Å². The standard InChI is InChI=1S/C34H36N2O6S/c1-5-7-16-41-24-11-9-10-23(19-24)31(37)29-30(22-13-15-26(27(20-22)40-4)42-17-8-6-2)36(33(39)32(29)38)34-35-25-14-12-21(3)18-28(25)43-34/h9-15,18-20,30,37H,5-8,16-17H2,1-4H3. The highest BCUT2D eigenvalue weighted by Gasteiger charge is 2.48. The number of hydrogen-bond donors (Lipinski definition) is 1. The summed E-state index contributed by atoms with van der Waals surface area (Å²) in [5.74, 6) is -0.252. The van der Waals surface area contributed by atoms with Gasteiger partial charge in [0.25, 0.3) is 5.78 Å². The molecular weight excluding hydrogens is 564 g/mol. The average Bonchev–Trinajstić information content (AvgIpc) is 3.54. The predicted molar refractivity (Wildman–Crippen MR) is 169 cm³/mol. The zero-order valence-electron chi connectivity index (χ0n) is 24.9. The van der Waals surface area contributed by atoms with Gasteiger partial charge in [0.15, 0.2) is 16.6 Å². The van der Waals surface area contributed by atoms with Gasteiger partial charge in [0.1, 0.15) is 11.5 Å². The highest BCUT2D eigenvalue weighted by Crippen LogP contribution is 2.46. The maximum Gasteiger partial charge on any atom is 0.301 e. The Balaban J connectivity index is 1.65. The molecule has 4 aromatic rings. The first-order chi connectivity index (χ1) is 20.9. The number of carbonyl (C=O) groups is 2. The fraction of sp³-hybridized carbons (Fsp3) is 0.324. The van der Waals surface area contributed by atoms with Gasteiger partial charge in [0.05, 0.1) is 42.2 Å². The van der Waals surface area contributed by atoms with Crippen molar-refractivity contribution in [1.29, 1.82) is 0 Å². The highest BCUT2D eigenvalue weighted by atomic mass is 32.1. The first-order valence-electron chi connectivity index (χ1n) is 14.6. The lowest BCUT2D eigenvalue weighted by Gasteiger charge is -2.24. The number of anilines is 1. The van der Waals surface area contributed by atoms with Gasteiger partial charge in [-0.15, -0.1) is 0 Å². The number of thiazole rings is 1. The van der Waals surface area contributed by atoms with Crippen molar-refractivity contribution in [3.63, 3.8) is 0 Å². The third-order valence-corrected chi connectivity index (χ3v) is 8.33. The van der Waals surface area contributed by atoms with E-state index in [1.54, 1.807) is 49.6 Å². The number of benzene rings is 3. The molecule has 5 rings (SSSR count). The molecule has 1 saturated heterocycles. The Morgan fingerprint density at radius 3 is 2.47 bits per heavy atom. The summed E-state index contributed by atoms with van der Waals surface area (Å²) in [6, 6.07) is 17.1. The summed E-state index contributed by atoms with van der Waals surface area (Å²) in [5, 5.41) is 12.0. The van der Waals surface area contributed by atoms with Gasteiger partial charge in [0, 0.05) is 5.56 Å². The van der Waals surface area contributed by atoms with Gasteiger partial charge in [-0.1, -0.05) is 62.3 Å². The Kier molecular flexibility index (Phi) is 9.31. The third kappa shape index (κ3) is 6.22. The number of aliphatic hydroxyl groups is 1. The smallest absolute Gasteiger partial charge is 0.301 e. The molecular formula is C34H36N2O6S. The van der Waals surface area contributed by atoms with E-state index in [9.17, 15) is 14.7 Å². The van der Waals surface area contributed by atoms with Crippen LogP contribution >= 0.6 is 11.3 Å². The predicted octanol–water partition coefficient (Wildman–Crippen LogP) is 7.60. The van der Waals surface area contributed by atoms with Crippen LogP contribution in [0.3, 0.4) is 0 Å². The van der Waals surface area contributed by atoms with Crippen molar-refractivity contribution in [3.05, 3.63) is 82.9 Å². The molecule has 0 radical (unpaired) electrons. The Labute approximate surface area is 255 Å². The lowest BCUT2D eigenvalue weighted by Crippen LogP contribution is -2.29. The molecule has 0 saturated carbocycles. The number of amides is 1. The van der Waals surface area contributed by atoms with E-state index in [1.165, 1.54) is 16.2 Å². The summed E-state index contributed by atoms with van der Waals surface area (Å²) in [6.45, 7) is 7.22. The van der Waals surface area contributed by atoms with Crippen molar-refractivity contribution in [2.45, 2.75) is 52.5 Å². The van der Waals surface area contributed by atoms with Crippen molar-refractivity contribution < 1.29 is 28.9 Å². The summed E-state index contributed by atoms with van der Waals surface area (Å²) >= 11 is 1.32. The van der Waals surface area contributed by atoms with E-state index in [0.29, 0.717) is 46.7 Å². The molecule has 9 heteroatoms. The molecule has 1 N–H and O–H groups in total. The highest BCUT2D eigenvalue weighted by molar-refractivity contribution is 7.22. The fourth-order valence-electron chi connectivity index (χ4n) is 4.99. The number of aryl methyl sites for hydroxylation is 1. The molecule has 43 heavy (non-hydrogen) atoms. The number of Topliss-reactive ketones (excluding diaryl/α,β-unsaturated/α-hetero) is 1. The second-order valence-corrected chi connectivity index (χ2v) is 11.5. The number of rotatable bonds is 12. The van der Waals surface area contributed by atoms with Crippen molar-refractivity contribution in [2.75, 3.05) is 25.2 Å². The van der Waals surface area contributed by atoms with Gasteiger partial charge in [-0.2, -0.15) is 0 Å². The molecule has 224 valence electrons. The second kappa shape index (κ2) is 13.3. The molecule has 1 unspecified atom stereocenters. The van der Waals surface area contributed by atoms with Crippen molar-refractivity contribution >= 4 is 44.1 Å². The molecule has 0 spiro atoms. The lowest BCUT2D eigenvalue weighted by molar-refractivity contribution is -0.132. The Morgan fingerprint density at radius 2 is 1.72 bits per heavy atom. The van der Waals surface area contributed by atoms with E-state index in [-0.39, 0.29) is 11.3 Å². The van der Waals surface area contributed by atoms with Crippen molar-refractivity contribution in [1.82, 2.24) is 4.98 Å².